The van der Waals surface area contributed by atoms with Crippen LogP contribution in [0.25, 0.3) is 0 Å². The third-order valence-electron chi connectivity index (χ3n) is 5.50. The van der Waals surface area contributed by atoms with E-state index in [1.807, 2.05) is 19.0 Å². The molecule has 1 aromatic carbocycles. The van der Waals surface area contributed by atoms with E-state index >= 15 is 0 Å². The van der Waals surface area contributed by atoms with E-state index in [4.69, 9.17) is 17.3 Å². The summed E-state index contributed by atoms with van der Waals surface area (Å²) in [6.07, 6.45) is 10.2. The van der Waals surface area contributed by atoms with Crippen molar-refractivity contribution in [3.05, 3.63) is 59.3 Å². The Morgan fingerprint density at radius 3 is 2.76 bits per heavy atom. The molecular formula is C25H32ClFN8O2. The monoisotopic (exact) mass is 530 g/mol. The molecule has 10 nitrogen and oxygen atoms in total. The molecule has 1 aromatic heterocycles. The van der Waals surface area contributed by atoms with Crippen molar-refractivity contribution in [2.24, 2.45) is 10.7 Å². The van der Waals surface area contributed by atoms with Crippen molar-refractivity contribution in [1.82, 2.24) is 14.9 Å². The molecule has 0 aliphatic heterocycles. The van der Waals surface area contributed by atoms with Crippen molar-refractivity contribution >= 4 is 46.9 Å². The lowest BCUT2D eigenvalue weighted by Gasteiger charge is -2.22. The van der Waals surface area contributed by atoms with E-state index in [0.717, 1.165) is 25.7 Å². The number of aliphatic hydroxyl groups is 1. The van der Waals surface area contributed by atoms with Gasteiger partial charge in [0, 0.05) is 30.7 Å². The molecule has 0 saturated heterocycles. The largest absolute Gasteiger partial charge is 0.403 e. The Morgan fingerprint density at radius 1 is 1.30 bits per heavy atom. The average Bonchev–Trinajstić information content (AvgIpc) is 2.86. The maximum atomic E-state index is 14.5. The summed E-state index contributed by atoms with van der Waals surface area (Å²) in [6, 6.07) is 4.24. The highest BCUT2D eigenvalue weighted by Crippen LogP contribution is 2.28. The molecule has 6 N–H and O–H groups in total. The first-order valence-electron chi connectivity index (χ1n) is 11.8. The van der Waals surface area contributed by atoms with Crippen LogP contribution in [0, 0.1) is 5.82 Å². The molecule has 3 rings (SSSR count). The molecule has 12 heteroatoms. The van der Waals surface area contributed by atoms with Gasteiger partial charge in [-0.25, -0.2) is 9.37 Å². The van der Waals surface area contributed by atoms with Gasteiger partial charge in [-0.1, -0.05) is 17.7 Å². The number of carbonyl (C=O) groups is 1. The zero-order valence-electron chi connectivity index (χ0n) is 20.8. The van der Waals surface area contributed by atoms with E-state index in [2.05, 4.69) is 30.9 Å². The number of nitrogens with zero attached hydrogens (tertiary/aromatic N) is 4. The number of aliphatic imine (C=N–C) groups is 1. The minimum atomic E-state index is -0.558. The van der Waals surface area contributed by atoms with Crippen LogP contribution in [0.5, 0.6) is 0 Å². The Labute approximate surface area is 220 Å². The van der Waals surface area contributed by atoms with E-state index in [0.29, 0.717) is 17.9 Å². The fourth-order valence-corrected chi connectivity index (χ4v) is 3.67. The number of nitrogens with two attached hydrogens (primary N) is 1. The van der Waals surface area contributed by atoms with Crippen LogP contribution in [0.4, 0.5) is 27.5 Å². The summed E-state index contributed by atoms with van der Waals surface area (Å²) in [7, 11) is 3.79. The molecule has 1 saturated carbocycles. The molecule has 0 spiro atoms. The fourth-order valence-electron chi connectivity index (χ4n) is 3.53. The average molecular weight is 531 g/mol. The number of carbonyl (C=O) groups excluding carboxylic acids is 1. The summed E-state index contributed by atoms with van der Waals surface area (Å²) in [5.74, 6) is -0.567. The highest BCUT2D eigenvalue weighted by Gasteiger charge is 2.18. The number of aromatic nitrogens is 2. The molecule has 0 atom stereocenters. The van der Waals surface area contributed by atoms with Gasteiger partial charge in [-0.2, -0.15) is 4.98 Å². The van der Waals surface area contributed by atoms with Crippen molar-refractivity contribution < 1.29 is 14.3 Å². The van der Waals surface area contributed by atoms with Crippen molar-refractivity contribution in [1.29, 1.82) is 0 Å². The topological polar surface area (TPSA) is 141 Å². The highest BCUT2D eigenvalue weighted by molar-refractivity contribution is 6.32. The van der Waals surface area contributed by atoms with Crippen LogP contribution in [0.15, 0.2) is 53.4 Å². The van der Waals surface area contributed by atoms with Crippen molar-refractivity contribution in [2.75, 3.05) is 36.6 Å². The molecule has 1 aliphatic carbocycles. The maximum Gasteiger partial charge on any atom is 0.248 e. The third kappa shape index (κ3) is 9.12. The SMILES string of the molecule is CN(C)C/C=C/C(=O)Nc1ccc(F)c(Nc2nc(N/C(C=NC3CCC(O)CC3)=C/N)ncc2Cl)c1. The number of anilines is 4. The number of halogens is 2. The van der Waals surface area contributed by atoms with Gasteiger partial charge < -0.3 is 31.7 Å². The van der Waals surface area contributed by atoms with E-state index in [1.54, 1.807) is 12.3 Å². The van der Waals surface area contributed by atoms with Gasteiger partial charge in [0.25, 0.3) is 0 Å². The molecule has 1 fully saturated rings. The second-order valence-electron chi connectivity index (χ2n) is 8.85. The summed E-state index contributed by atoms with van der Waals surface area (Å²) in [6.45, 7) is 0.615. The van der Waals surface area contributed by atoms with Crippen LogP contribution in [-0.2, 0) is 4.79 Å². The van der Waals surface area contributed by atoms with E-state index in [1.165, 1.54) is 36.7 Å². The second kappa shape index (κ2) is 13.7. The van der Waals surface area contributed by atoms with Gasteiger partial charge in [0.15, 0.2) is 5.82 Å². The first kappa shape index (κ1) is 28.0. The van der Waals surface area contributed by atoms with Gasteiger partial charge in [0.05, 0.1) is 29.7 Å². The summed E-state index contributed by atoms with van der Waals surface area (Å²) in [4.78, 5) is 27.0. The molecule has 198 valence electrons. The number of amides is 1. The lowest BCUT2D eigenvalue weighted by Crippen LogP contribution is -2.21. The summed E-state index contributed by atoms with van der Waals surface area (Å²) < 4.78 is 14.5. The predicted molar refractivity (Wildman–Crippen MR) is 146 cm³/mol. The minimum Gasteiger partial charge on any atom is -0.403 e. The van der Waals surface area contributed by atoms with Gasteiger partial charge in [0.2, 0.25) is 11.9 Å². The Balaban J connectivity index is 1.68. The van der Waals surface area contributed by atoms with Crippen LogP contribution >= 0.6 is 11.6 Å². The normalized spacial score (nSPS) is 18.5. The Hall–Kier alpha value is -3.54. The number of rotatable bonds is 10. The maximum absolute atomic E-state index is 14.5. The first-order valence-corrected chi connectivity index (χ1v) is 12.2. The second-order valence-corrected chi connectivity index (χ2v) is 9.26. The Kier molecular flexibility index (Phi) is 10.4. The van der Waals surface area contributed by atoms with Crippen molar-refractivity contribution in [3.63, 3.8) is 0 Å². The van der Waals surface area contributed by atoms with E-state index in [-0.39, 0.29) is 40.5 Å². The predicted octanol–water partition coefficient (Wildman–Crippen LogP) is 3.66. The van der Waals surface area contributed by atoms with Crippen molar-refractivity contribution in [3.8, 4) is 0 Å². The zero-order valence-corrected chi connectivity index (χ0v) is 21.5. The molecule has 1 aliphatic rings. The molecule has 2 aromatic rings. The Bertz CT molecular complexity index is 1160. The molecule has 37 heavy (non-hydrogen) atoms. The van der Waals surface area contributed by atoms with E-state index < -0.39 is 5.82 Å². The number of allylic oxidation sites excluding steroid dienone is 1. The summed E-state index contributed by atoms with van der Waals surface area (Å²) in [5.41, 5.74) is 6.66. The number of nitrogens with one attached hydrogen (secondary N) is 3. The number of hydrogen-bond acceptors (Lipinski definition) is 9. The van der Waals surface area contributed by atoms with Gasteiger partial charge in [-0.15, -0.1) is 0 Å². The minimum absolute atomic E-state index is 0.0669. The van der Waals surface area contributed by atoms with Crippen LogP contribution in [0.2, 0.25) is 5.02 Å². The molecule has 1 heterocycles. The smallest absolute Gasteiger partial charge is 0.248 e. The molecule has 0 radical (unpaired) electrons. The van der Waals surface area contributed by atoms with Gasteiger partial charge >= 0.3 is 0 Å². The quantitative estimate of drug-likeness (QED) is 0.231. The third-order valence-corrected chi connectivity index (χ3v) is 5.77. The van der Waals surface area contributed by atoms with Crippen LogP contribution in [0.1, 0.15) is 25.7 Å². The summed E-state index contributed by atoms with van der Waals surface area (Å²) in [5, 5.41) is 18.3. The van der Waals surface area contributed by atoms with Gasteiger partial charge in [0.1, 0.15) is 10.8 Å². The van der Waals surface area contributed by atoms with Crippen LogP contribution < -0.4 is 21.7 Å². The number of aliphatic hydroxyl groups excluding tert-OH is 1. The van der Waals surface area contributed by atoms with Crippen molar-refractivity contribution in [2.45, 2.75) is 37.8 Å². The molecule has 0 bridgehead atoms. The lowest BCUT2D eigenvalue weighted by molar-refractivity contribution is -0.111. The van der Waals surface area contributed by atoms with Crippen LogP contribution in [-0.4, -0.2) is 64.9 Å². The number of likely N-dealkylation sites (N-methyl/N-ethyl adjacent to an activating group) is 1. The zero-order chi connectivity index (χ0) is 26.8. The molecule has 1 amide bonds. The summed E-state index contributed by atoms with van der Waals surface area (Å²) >= 11 is 6.24. The molecular weight excluding hydrogens is 499 g/mol. The van der Waals surface area contributed by atoms with Gasteiger partial charge in [-0.05, 0) is 58.0 Å². The van der Waals surface area contributed by atoms with Gasteiger partial charge in [-0.3, -0.25) is 9.79 Å². The fraction of sp³-hybridized carbons (Fsp3) is 0.360. The Morgan fingerprint density at radius 2 is 2.05 bits per heavy atom. The number of benzene rings is 1. The standard InChI is InChI=1S/C25H32ClFN8O2/c1-35(2)11-3-4-23(37)31-17-7-10-21(27)22(12-17)33-24-20(26)15-30-25(34-24)32-18(13-28)14-29-16-5-8-19(36)9-6-16/h3-4,7,10,12-16,19,36H,5-6,8-9,11,28H2,1-2H3,(H,31,37)(H2,30,32,33,34)/b4-3+,18-13+,29-14?. The first-order chi connectivity index (χ1) is 17.7. The van der Waals surface area contributed by atoms with E-state index in [9.17, 15) is 14.3 Å². The highest BCUT2D eigenvalue weighted by atomic mass is 35.5. The van der Waals surface area contributed by atoms with Crippen LogP contribution in [0.3, 0.4) is 0 Å². The lowest BCUT2D eigenvalue weighted by atomic mass is 9.94. The molecule has 0 unspecified atom stereocenters. The number of hydrogen-bond donors (Lipinski definition) is 5.